The summed E-state index contributed by atoms with van der Waals surface area (Å²) in [6, 6.07) is 8.89. The molecule has 0 unspecified atom stereocenters. The van der Waals surface area contributed by atoms with Crippen molar-refractivity contribution >= 4 is 17.6 Å². The maximum Gasteiger partial charge on any atom is 0.319 e. The second-order valence-electron chi connectivity index (χ2n) is 7.71. The number of hydrogen-bond acceptors (Lipinski definition) is 3. The van der Waals surface area contributed by atoms with Gasteiger partial charge in [0.25, 0.3) is 11.5 Å². The van der Waals surface area contributed by atoms with E-state index >= 15 is 0 Å². The third kappa shape index (κ3) is 5.04. The zero-order valence-electron chi connectivity index (χ0n) is 17.2. The standard InChI is InChI=1S/C22H28N4O3/c1-15-6-7-18(13-16(15)2)24-22(29)23-14-17-8-11-26(12-9-17)21(28)19-5-4-10-25(3)20(19)27/h4-7,10,13,17H,8-9,11-12,14H2,1-3H3,(H2,23,24,29). The molecule has 1 saturated heterocycles. The van der Waals surface area contributed by atoms with Crippen LogP contribution >= 0.6 is 0 Å². The highest BCUT2D eigenvalue weighted by Crippen LogP contribution is 2.18. The lowest BCUT2D eigenvalue weighted by molar-refractivity contribution is 0.0688. The molecule has 154 valence electrons. The van der Waals surface area contributed by atoms with Crippen molar-refractivity contribution in [3.8, 4) is 0 Å². The van der Waals surface area contributed by atoms with Gasteiger partial charge >= 0.3 is 6.03 Å². The minimum absolute atomic E-state index is 0.208. The molecule has 1 aromatic heterocycles. The number of rotatable bonds is 4. The SMILES string of the molecule is Cc1ccc(NC(=O)NCC2CCN(C(=O)c3cccn(C)c3=O)CC2)cc1C. The first-order valence-corrected chi connectivity index (χ1v) is 9.92. The van der Waals surface area contributed by atoms with Crippen molar-refractivity contribution in [2.75, 3.05) is 25.0 Å². The number of anilines is 1. The number of nitrogens with one attached hydrogen (secondary N) is 2. The van der Waals surface area contributed by atoms with Gasteiger partial charge in [-0.25, -0.2) is 4.79 Å². The summed E-state index contributed by atoms with van der Waals surface area (Å²) < 4.78 is 1.41. The van der Waals surface area contributed by atoms with Gasteiger partial charge in [0.15, 0.2) is 0 Å². The Morgan fingerprint density at radius 3 is 2.52 bits per heavy atom. The molecular formula is C22H28N4O3. The fourth-order valence-electron chi connectivity index (χ4n) is 3.50. The Kier molecular flexibility index (Phi) is 6.36. The summed E-state index contributed by atoms with van der Waals surface area (Å²) in [6.07, 6.45) is 3.23. The number of pyridine rings is 1. The third-order valence-corrected chi connectivity index (χ3v) is 5.57. The topological polar surface area (TPSA) is 83.4 Å². The molecule has 0 atom stereocenters. The first-order chi connectivity index (χ1) is 13.8. The molecule has 2 N–H and O–H groups in total. The predicted octanol–water partition coefficient (Wildman–Crippen LogP) is 2.68. The smallest absolute Gasteiger partial charge is 0.319 e. The summed E-state index contributed by atoms with van der Waals surface area (Å²) in [4.78, 5) is 38.7. The lowest BCUT2D eigenvalue weighted by Gasteiger charge is -2.32. The molecule has 7 heteroatoms. The zero-order valence-corrected chi connectivity index (χ0v) is 17.2. The Labute approximate surface area is 170 Å². The molecular weight excluding hydrogens is 368 g/mol. The average molecular weight is 396 g/mol. The van der Waals surface area contributed by atoms with Gasteiger partial charge in [-0.2, -0.15) is 0 Å². The normalized spacial score (nSPS) is 14.5. The van der Waals surface area contributed by atoms with Crippen molar-refractivity contribution in [1.29, 1.82) is 0 Å². The number of carbonyl (C=O) groups excluding carboxylic acids is 2. The van der Waals surface area contributed by atoms with Gasteiger partial charge in [-0.15, -0.1) is 0 Å². The molecule has 1 aliphatic heterocycles. The van der Waals surface area contributed by atoms with Crippen LogP contribution in [-0.4, -0.2) is 41.0 Å². The average Bonchev–Trinajstić information content (AvgIpc) is 2.71. The summed E-state index contributed by atoms with van der Waals surface area (Å²) in [6.45, 7) is 5.78. The Bertz CT molecular complexity index is 959. The summed E-state index contributed by atoms with van der Waals surface area (Å²) in [5.41, 5.74) is 3.03. The van der Waals surface area contributed by atoms with E-state index < -0.39 is 0 Å². The number of urea groups is 1. The van der Waals surface area contributed by atoms with Gasteiger partial charge in [0.1, 0.15) is 5.56 Å². The van der Waals surface area contributed by atoms with Crippen LogP contribution < -0.4 is 16.2 Å². The second kappa shape index (κ2) is 8.94. The number of carbonyl (C=O) groups is 2. The first kappa shape index (κ1) is 20.6. The molecule has 3 rings (SSSR count). The minimum atomic E-state index is -0.274. The number of likely N-dealkylation sites (tertiary alicyclic amines) is 1. The van der Waals surface area contributed by atoms with Crippen LogP contribution in [0.3, 0.4) is 0 Å². The van der Waals surface area contributed by atoms with Crippen molar-refractivity contribution in [3.05, 3.63) is 63.6 Å². The molecule has 0 spiro atoms. The highest BCUT2D eigenvalue weighted by Gasteiger charge is 2.25. The highest BCUT2D eigenvalue weighted by atomic mass is 16.2. The maximum atomic E-state index is 12.6. The Balaban J connectivity index is 1.46. The fraction of sp³-hybridized carbons (Fsp3) is 0.409. The third-order valence-electron chi connectivity index (χ3n) is 5.57. The van der Waals surface area contributed by atoms with Crippen molar-refractivity contribution < 1.29 is 9.59 Å². The molecule has 0 aliphatic carbocycles. The van der Waals surface area contributed by atoms with E-state index in [0.29, 0.717) is 25.6 Å². The number of nitrogens with zero attached hydrogens (tertiary/aromatic N) is 2. The highest BCUT2D eigenvalue weighted by molar-refractivity contribution is 5.94. The van der Waals surface area contributed by atoms with Crippen LogP contribution in [0.1, 0.15) is 34.3 Å². The van der Waals surface area contributed by atoms with E-state index in [2.05, 4.69) is 10.6 Å². The molecule has 0 saturated carbocycles. The maximum absolute atomic E-state index is 12.6. The summed E-state index contributed by atoms with van der Waals surface area (Å²) in [5, 5.41) is 5.78. The zero-order chi connectivity index (χ0) is 21.0. The molecule has 0 radical (unpaired) electrons. The molecule has 0 bridgehead atoms. The molecule has 1 aliphatic rings. The van der Waals surface area contributed by atoms with E-state index in [0.717, 1.165) is 24.1 Å². The van der Waals surface area contributed by atoms with E-state index in [1.807, 2.05) is 32.0 Å². The fourth-order valence-corrected chi connectivity index (χ4v) is 3.50. The van der Waals surface area contributed by atoms with E-state index in [9.17, 15) is 14.4 Å². The van der Waals surface area contributed by atoms with Crippen molar-refractivity contribution in [2.45, 2.75) is 26.7 Å². The number of aryl methyl sites for hydroxylation is 3. The van der Waals surface area contributed by atoms with E-state index in [4.69, 9.17) is 0 Å². The minimum Gasteiger partial charge on any atom is -0.338 e. The predicted molar refractivity (Wildman–Crippen MR) is 113 cm³/mol. The monoisotopic (exact) mass is 396 g/mol. The van der Waals surface area contributed by atoms with Crippen LogP contribution in [0, 0.1) is 19.8 Å². The van der Waals surface area contributed by atoms with E-state index in [-0.39, 0.29) is 23.1 Å². The van der Waals surface area contributed by atoms with Gasteiger partial charge < -0.3 is 20.1 Å². The van der Waals surface area contributed by atoms with E-state index in [1.165, 1.54) is 10.1 Å². The summed E-state index contributed by atoms with van der Waals surface area (Å²) in [7, 11) is 1.64. The van der Waals surface area contributed by atoms with Crippen LogP contribution in [0.25, 0.3) is 0 Å². The first-order valence-electron chi connectivity index (χ1n) is 9.92. The molecule has 3 amide bonds. The van der Waals surface area contributed by atoms with E-state index in [1.54, 1.807) is 30.3 Å². The lowest BCUT2D eigenvalue weighted by atomic mass is 9.96. The molecule has 2 heterocycles. The van der Waals surface area contributed by atoms with Crippen molar-refractivity contribution in [3.63, 3.8) is 0 Å². The molecule has 29 heavy (non-hydrogen) atoms. The van der Waals surface area contributed by atoms with Crippen molar-refractivity contribution in [1.82, 2.24) is 14.8 Å². The van der Waals surface area contributed by atoms with Crippen LogP contribution in [0.15, 0.2) is 41.3 Å². The molecule has 7 nitrogen and oxygen atoms in total. The molecule has 1 fully saturated rings. The number of aromatic nitrogens is 1. The Morgan fingerprint density at radius 2 is 1.83 bits per heavy atom. The van der Waals surface area contributed by atoms with Gasteiger partial charge in [-0.05, 0) is 68.0 Å². The van der Waals surface area contributed by atoms with Crippen LogP contribution in [0.5, 0.6) is 0 Å². The lowest BCUT2D eigenvalue weighted by Crippen LogP contribution is -2.43. The van der Waals surface area contributed by atoms with Crippen molar-refractivity contribution in [2.24, 2.45) is 13.0 Å². The largest absolute Gasteiger partial charge is 0.338 e. The van der Waals surface area contributed by atoms with Gasteiger partial charge in [-0.3, -0.25) is 9.59 Å². The van der Waals surface area contributed by atoms with Gasteiger partial charge in [0.2, 0.25) is 0 Å². The number of benzene rings is 1. The van der Waals surface area contributed by atoms with Crippen LogP contribution in [0.4, 0.5) is 10.5 Å². The Hall–Kier alpha value is -3.09. The number of hydrogen-bond donors (Lipinski definition) is 2. The Morgan fingerprint density at radius 1 is 1.10 bits per heavy atom. The van der Waals surface area contributed by atoms with Crippen LogP contribution in [-0.2, 0) is 7.05 Å². The van der Waals surface area contributed by atoms with Crippen LogP contribution in [0.2, 0.25) is 0 Å². The summed E-state index contributed by atoms with van der Waals surface area (Å²) in [5.74, 6) is 0.0910. The quantitative estimate of drug-likeness (QED) is 0.833. The number of amides is 3. The number of piperidine rings is 1. The molecule has 1 aromatic carbocycles. The second-order valence-corrected chi connectivity index (χ2v) is 7.71. The van der Waals surface area contributed by atoms with Gasteiger partial charge in [0.05, 0.1) is 0 Å². The van der Waals surface area contributed by atoms with Gasteiger partial charge in [0, 0.05) is 38.6 Å². The van der Waals surface area contributed by atoms with Gasteiger partial charge in [-0.1, -0.05) is 6.07 Å². The molecule has 2 aromatic rings. The summed E-state index contributed by atoms with van der Waals surface area (Å²) >= 11 is 0.